The van der Waals surface area contributed by atoms with Gasteiger partial charge in [0.2, 0.25) is 5.91 Å². The summed E-state index contributed by atoms with van der Waals surface area (Å²) in [5.41, 5.74) is 2.43. The van der Waals surface area contributed by atoms with Crippen LogP contribution in [0.4, 0.5) is 0 Å². The van der Waals surface area contributed by atoms with Crippen LogP contribution in [0.5, 0.6) is 0 Å². The monoisotopic (exact) mass is 274 g/mol. The molecule has 3 nitrogen and oxygen atoms in total. The van der Waals surface area contributed by atoms with Gasteiger partial charge in [-0.2, -0.15) is 0 Å². The molecule has 0 bridgehead atoms. The van der Waals surface area contributed by atoms with Crippen LogP contribution in [0.25, 0.3) is 0 Å². The fraction of sp³-hybridized carbons (Fsp3) is 0.588. The average molecular weight is 274 g/mol. The normalized spacial score (nSPS) is 14.6. The zero-order chi connectivity index (χ0) is 14.4. The van der Waals surface area contributed by atoms with E-state index >= 15 is 0 Å². The molecule has 1 N–H and O–H groups in total. The summed E-state index contributed by atoms with van der Waals surface area (Å²) < 4.78 is 0. The Balaban J connectivity index is 1.77. The van der Waals surface area contributed by atoms with E-state index in [1.54, 1.807) is 0 Å². The number of hydrogen-bond donors (Lipinski definition) is 1. The van der Waals surface area contributed by atoms with E-state index in [2.05, 4.69) is 36.2 Å². The summed E-state index contributed by atoms with van der Waals surface area (Å²) >= 11 is 0. The highest BCUT2D eigenvalue weighted by atomic mass is 16.2. The molecule has 0 aliphatic heterocycles. The molecule has 1 saturated carbocycles. The molecule has 0 aromatic heterocycles. The first-order chi connectivity index (χ1) is 9.69. The Bertz CT molecular complexity index is 440. The molecule has 1 aromatic rings. The van der Waals surface area contributed by atoms with Crippen molar-refractivity contribution in [3.8, 4) is 0 Å². The first-order valence-corrected chi connectivity index (χ1v) is 7.72. The molecular weight excluding hydrogens is 248 g/mol. The summed E-state index contributed by atoms with van der Waals surface area (Å²) in [5, 5.41) is 3.04. The summed E-state index contributed by atoms with van der Waals surface area (Å²) in [6.07, 6.45) is 3.79. The second-order valence-electron chi connectivity index (χ2n) is 5.88. The molecule has 1 aliphatic carbocycles. The highest BCUT2D eigenvalue weighted by molar-refractivity contribution is 5.78. The van der Waals surface area contributed by atoms with Crippen molar-refractivity contribution in [1.82, 2.24) is 10.2 Å². The van der Waals surface area contributed by atoms with Gasteiger partial charge in [-0.15, -0.1) is 0 Å². The zero-order valence-corrected chi connectivity index (χ0v) is 12.7. The van der Waals surface area contributed by atoms with E-state index in [1.165, 1.54) is 24.0 Å². The number of rotatable bonds is 8. The van der Waals surface area contributed by atoms with Crippen LogP contribution in [0.1, 0.15) is 37.3 Å². The Labute approximate surface area is 122 Å². The maximum absolute atomic E-state index is 12.1. The van der Waals surface area contributed by atoms with Gasteiger partial charge in [0.25, 0.3) is 0 Å². The molecule has 0 saturated heterocycles. The van der Waals surface area contributed by atoms with Crippen molar-refractivity contribution in [3.05, 3.63) is 35.4 Å². The summed E-state index contributed by atoms with van der Waals surface area (Å²) in [6.45, 7) is 7.54. The Kier molecular flexibility index (Phi) is 5.60. The van der Waals surface area contributed by atoms with Crippen LogP contribution in [0, 0.1) is 12.8 Å². The summed E-state index contributed by atoms with van der Waals surface area (Å²) in [5.74, 6) is 0.980. The van der Waals surface area contributed by atoms with Crippen molar-refractivity contribution in [2.24, 2.45) is 5.92 Å². The van der Waals surface area contributed by atoms with Crippen molar-refractivity contribution in [2.45, 2.75) is 39.7 Å². The van der Waals surface area contributed by atoms with E-state index in [0.29, 0.717) is 13.1 Å². The van der Waals surface area contributed by atoms with Gasteiger partial charge in [-0.05, 0) is 49.8 Å². The molecule has 2 rings (SSSR count). The van der Waals surface area contributed by atoms with Crippen LogP contribution in [0.2, 0.25) is 0 Å². The summed E-state index contributed by atoms with van der Waals surface area (Å²) in [6, 6.07) is 8.20. The number of amides is 1. The fourth-order valence-electron chi connectivity index (χ4n) is 2.48. The molecule has 0 heterocycles. The number of nitrogens with one attached hydrogen (secondary N) is 1. The molecule has 1 aliphatic rings. The molecule has 0 radical (unpaired) electrons. The first-order valence-electron chi connectivity index (χ1n) is 7.72. The Morgan fingerprint density at radius 1 is 1.35 bits per heavy atom. The lowest BCUT2D eigenvalue weighted by molar-refractivity contribution is -0.122. The maximum atomic E-state index is 12.1. The van der Waals surface area contributed by atoms with Crippen molar-refractivity contribution in [3.63, 3.8) is 0 Å². The van der Waals surface area contributed by atoms with Gasteiger partial charge in [-0.3, -0.25) is 9.69 Å². The molecule has 3 heteroatoms. The maximum Gasteiger partial charge on any atom is 0.234 e. The second kappa shape index (κ2) is 7.44. The lowest BCUT2D eigenvalue weighted by Crippen LogP contribution is -2.38. The number of nitrogens with zero attached hydrogens (tertiary/aromatic N) is 1. The zero-order valence-electron chi connectivity index (χ0n) is 12.7. The van der Waals surface area contributed by atoms with Gasteiger partial charge < -0.3 is 5.32 Å². The van der Waals surface area contributed by atoms with Crippen LogP contribution in [0.15, 0.2) is 24.3 Å². The van der Waals surface area contributed by atoms with Crippen molar-refractivity contribution < 1.29 is 4.79 Å². The number of hydrogen-bond acceptors (Lipinski definition) is 2. The average Bonchev–Trinajstić information content (AvgIpc) is 3.22. The first kappa shape index (κ1) is 15.0. The minimum absolute atomic E-state index is 0.141. The molecule has 0 unspecified atom stereocenters. The Morgan fingerprint density at radius 3 is 2.75 bits per heavy atom. The Morgan fingerprint density at radius 2 is 2.10 bits per heavy atom. The third kappa shape index (κ3) is 4.97. The standard InChI is InChI=1S/C17H26N2O/c1-3-10-19(12-15-8-9-15)13-17(20)18-11-16-7-5-4-6-14(16)2/h4-7,15H,3,8-13H2,1-2H3,(H,18,20). The van der Waals surface area contributed by atoms with Gasteiger partial charge in [0, 0.05) is 13.1 Å². The fourth-order valence-corrected chi connectivity index (χ4v) is 2.48. The molecule has 20 heavy (non-hydrogen) atoms. The third-order valence-electron chi connectivity index (χ3n) is 3.86. The lowest BCUT2D eigenvalue weighted by Gasteiger charge is -2.21. The van der Waals surface area contributed by atoms with Crippen LogP contribution in [-0.4, -0.2) is 30.4 Å². The van der Waals surface area contributed by atoms with Gasteiger partial charge in [-0.1, -0.05) is 31.2 Å². The highest BCUT2D eigenvalue weighted by Crippen LogP contribution is 2.29. The molecular formula is C17H26N2O. The molecule has 1 amide bonds. The highest BCUT2D eigenvalue weighted by Gasteiger charge is 2.24. The van der Waals surface area contributed by atoms with Gasteiger partial charge in [0.05, 0.1) is 6.54 Å². The molecule has 1 aromatic carbocycles. The lowest BCUT2D eigenvalue weighted by atomic mass is 10.1. The van der Waals surface area contributed by atoms with E-state index in [9.17, 15) is 4.79 Å². The van der Waals surface area contributed by atoms with E-state index < -0.39 is 0 Å². The SMILES string of the molecule is CCCN(CC(=O)NCc1ccccc1C)CC1CC1. The Hall–Kier alpha value is -1.35. The molecule has 0 atom stereocenters. The van der Waals surface area contributed by atoms with Crippen LogP contribution in [-0.2, 0) is 11.3 Å². The van der Waals surface area contributed by atoms with E-state index in [4.69, 9.17) is 0 Å². The minimum atomic E-state index is 0.141. The van der Waals surface area contributed by atoms with Crippen molar-refractivity contribution >= 4 is 5.91 Å². The number of aryl methyl sites for hydroxylation is 1. The summed E-state index contributed by atoms with van der Waals surface area (Å²) in [7, 11) is 0. The predicted molar refractivity (Wildman–Crippen MR) is 82.5 cm³/mol. The van der Waals surface area contributed by atoms with Gasteiger partial charge in [0.15, 0.2) is 0 Å². The minimum Gasteiger partial charge on any atom is -0.351 e. The molecule has 110 valence electrons. The van der Waals surface area contributed by atoms with Crippen molar-refractivity contribution in [2.75, 3.05) is 19.6 Å². The van der Waals surface area contributed by atoms with E-state index in [0.717, 1.165) is 25.4 Å². The van der Waals surface area contributed by atoms with Crippen LogP contribution < -0.4 is 5.32 Å². The molecule has 1 fully saturated rings. The number of benzene rings is 1. The van der Waals surface area contributed by atoms with E-state index in [1.807, 2.05) is 12.1 Å². The molecule has 0 spiro atoms. The van der Waals surface area contributed by atoms with Crippen LogP contribution in [0.3, 0.4) is 0 Å². The quantitative estimate of drug-likeness (QED) is 0.790. The summed E-state index contributed by atoms with van der Waals surface area (Å²) in [4.78, 5) is 14.4. The van der Waals surface area contributed by atoms with E-state index in [-0.39, 0.29) is 5.91 Å². The van der Waals surface area contributed by atoms with Gasteiger partial charge in [-0.25, -0.2) is 0 Å². The number of carbonyl (C=O) groups excluding carboxylic acids is 1. The van der Waals surface area contributed by atoms with Crippen molar-refractivity contribution in [1.29, 1.82) is 0 Å². The van der Waals surface area contributed by atoms with Crippen LogP contribution >= 0.6 is 0 Å². The largest absolute Gasteiger partial charge is 0.351 e. The predicted octanol–water partition coefficient (Wildman–Crippen LogP) is 2.73. The van der Waals surface area contributed by atoms with Gasteiger partial charge >= 0.3 is 0 Å². The third-order valence-corrected chi connectivity index (χ3v) is 3.86. The van der Waals surface area contributed by atoms with Gasteiger partial charge in [0.1, 0.15) is 0 Å². The topological polar surface area (TPSA) is 32.3 Å². The second-order valence-corrected chi connectivity index (χ2v) is 5.88. The smallest absolute Gasteiger partial charge is 0.234 e. The number of carbonyl (C=O) groups is 1.